The van der Waals surface area contributed by atoms with Crippen molar-refractivity contribution in [3.63, 3.8) is 0 Å². The van der Waals surface area contributed by atoms with Crippen LogP contribution in [0.5, 0.6) is 0 Å². The minimum Gasteiger partial charge on any atom is -0.326 e. The van der Waals surface area contributed by atoms with Gasteiger partial charge in [-0.2, -0.15) is 0 Å². The van der Waals surface area contributed by atoms with E-state index < -0.39 is 0 Å². The number of nitrogens with one attached hydrogen (secondary N) is 2. The molecule has 0 radical (unpaired) electrons. The summed E-state index contributed by atoms with van der Waals surface area (Å²) < 4.78 is 0. The highest BCUT2D eigenvalue weighted by molar-refractivity contribution is 5.98. The Hall–Kier alpha value is -4.44. The van der Waals surface area contributed by atoms with Crippen LogP contribution in [0.4, 0.5) is 11.4 Å². The van der Waals surface area contributed by atoms with Gasteiger partial charge in [-0.15, -0.1) is 0 Å². The van der Waals surface area contributed by atoms with Crippen LogP contribution < -0.4 is 10.6 Å². The fourth-order valence-corrected chi connectivity index (χ4v) is 4.29. The van der Waals surface area contributed by atoms with Gasteiger partial charge in [-0.05, 0) is 56.9 Å². The Balaban J connectivity index is 1.20. The Labute approximate surface area is 198 Å². The molecule has 0 unspecified atom stereocenters. The maximum atomic E-state index is 12.6. The van der Waals surface area contributed by atoms with Crippen molar-refractivity contribution in [2.24, 2.45) is 0 Å². The fraction of sp³-hybridized carbons (Fsp3) is 0.0667. The number of carbonyl (C=O) groups excluding carboxylic acids is 2. The standard InChI is InChI=1S/C30H24N2O2/c33-29(19-23-11-5-9-21-7-1-3-13-27(21)23)31-25-15-17-26(18-16-25)32-30(34)20-24-12-6-10-22-8-2-4-14-28(22)24/h1-18H,19-20H2,(H,31,33)(H,32,34). The smallest absolute Gasteiger partial charge is 0.228 e. The lowest BCUT2D eigenvalue weighted by Crippen LogP contribution is -2.16. The summed E-state index contributed by atoms with van der Waals surface area (Å²) in [6.07, 6.45) is 0.593. The summed E-state index contributed by atoms with van der Waals surface area (Å²) >= 11 is 0. The van der Waals surface area contributed by atoms with Crippen LogP contribution in [0.1, 0.15) is 11.1 Å². The highest BCUT2D eigenvalue weighted by Crippen LogP contribution is 2.21. The topological polar surface area (TPSA) is 58.2 Å². The predicted octanol–water partition coefficient (Wildman–Crippen LogP) is 6.36. The Bertz CT molecular complexity index is 1360. The molecule has 0 bridgehead atoms. The Kier molecular flexibility index (Phi) is 6.04. The minimum absolute atomic E-state index is 0.0795. The Morgan fingerprint density at radius 3 is 1.29 bits per heavy atom. The van der Waals surface area contributed by atoms with Gasteiger partial charge in [0.05, 0.1) is 12.8 Å². The molecule has 4 nitrogen and oxygen atoms in total. The third kappa shape index (κ3) is 4.81. The molecule has 0 aliphatic carbocycles. The normalized spacial score (nSPS) is 10.8. The van der Waals surface area contributed by atoms with Crippen LogP contribution in [-0.2, 0) is 22.4 Å². The first-order valence-electron chi connectivity index (χ1n) is 11.3. The molecule has 5 aromatic rings. The van der Waals surface area contributed by atoms with Crippen molar-refractivity contribution in [1.29, 1.82) is 0 Å². The van der Waals surface area contributed by atoms with E-state index in [-0.39, 0.29) is 11.8 Å². The third-order valence-corrected chi connectivity index (χ3v) is 5.91. The number of hydrogen-bond acceptors (Lipinski definition) is 2. The Morgan fingerprint density at radius 2 is 0.853 bits per heavy atom. The van der Waals surface area contributed by atoms with E-state index in [0.717, 1.165) is 32.7 Å². The van der Waals surface area contributed by atoms with Crippen LogP contribution >= 0.6 is 0 Å². The lowest BCUT2D eigenvalue weighted by molar-refractivity contribution is -0.116. The fourth-order valence-electron chi connectivity index (χ4n) is 4.29. The molecule has 5 aromatic carbocycles. The van der Waals surface area contributed by atoms with Crippen LogP contribution in [0.3, 0.4) is 0 Å². The van der Waals surface area contributed by atoms with E-state index in [9.17, 15) is 9.59 Å². The van der Waals surface area contributed by atoms with E-state index in [0.29, 0.717) is 24.2 Å². The van der Waals surface area contributed by atoms with Crippen molar-refractivity contribution in [2.45, 2.75) is 12.8 Å². The van der Waals surface area contributed by atoms with Gasteiger partial charge in [-0.25, -0.2) is 0 Å². The van der Waals surface area contributed by atoms with Crippen molar-refractivity contribution < 1.29 is 9.59 Å². The molecule has 0 heterocycles. The lowest BCUT2D eigenvalue weighted by atomic mass is 10.0. The van der Waals surface area contributed by atoms with Gasteiger partial charge in [-0.1, -0.05) is 84.9 Å². The molecule has 0 fully saturated rings. The molecule has 2 N–H and O–H groups in total. The van der Waals surface area contributed by atoms with Crippen LogP contribution in [0.15, 0.2) is 109 Å². The van der Waals surface area contributed by atoms with Gasteiger partial charge in [0.25, 0.3) is 0 Å². The molecule has 0 aliphatic rings. The van der Waals surface area contributed by atoms with E-state index in [1.807, 2.05) is 84.9 Å². The monoisotopic (exact) mass is 444 g/mol. The van der Waals surface area contributed by atoms with Gasteiger partial charge >= 0.3 is 0 Å². The van der Waals surface area contributed by atoms with Crippen molar-refractivity contribution in [1.82, 2.24) is 0 Å². The molecule has 0 saturated heterocycles. The first kappa shape index (κ1) is 21.4. The second-order valence-electron chi connectivity index (χ2n) is 8.30. The molecule has 0 atom stereocenters. The summed E-state index contributed by atoms with van der Waals surface area (Å²) in [6, 6.07) is 35.3. The number of rotatable bonds is 6. The van der Waals surface area contributed by atoms with Crippen molar-refractivity contribution >= 4 is 44.7 Å². The highest BCUT2D eigenvalue weighted by Gasteiger charge is 2.09. The summed E-state index contributed by atoms with van der Waals surface area (Å²) in [4.78, 5) is 25.2. The average Bonchev–Trinajstić information content (AvgIpc) is 2.86. The molecular formula is C30H24N2O2. The van der Waals surface area contributed by atoms with E-state index in [1.54, 1.807) is 24.3 Å². The van der Waals surface area contributed by atoms with Crippen LogP contribution in [0.2, 0.25) is 0 Å². The molecule has 0 spiro atoms. The number of benzene rings is 5. The van der Waals surface area contributed by atoms with Crippen LogP contribution in [0.25, 0.3) is 21.5 Å². The number of fused-ring (bicyclic) bond motifs is 2. The summed E-state index contributed by atoms with van der Waals surface area (Å²) in [7, 11) is 0. The molecule has 2 amide bonds. The van der Waals surface area contributed by atoms with E-state index >= 15 is 0 Å². The van der Waals surface area contributed by atoms with Gasteiger partial charge in [0.15, 0.2) is 0 Å². The van der Waals surface area contributed by atoms with E-state index in [1.165, 1.54) is 0 Å². The number of hydrogen-bond donors (Lipinski definition) is 2. The quantitative estimate of drug-likeness (QED) is 0.320. The number of carbonyl (C=O) groups is 2. The molecule has 5 rings (SSSR count). The zero-order valence-electron chi connectivity index (χ0n) is 18.6. The van der Waals surface area contributed by atoms with Gasteiger partial charge in [0, 0.05) is 11.4 Å². The van der Waals surface area contributed by atoms with Gasteiger partial charge in [-0.3, -0.25) is 9.59 Å². The van der Waals surface area contributed by atoms with E-state index in [4.69, 9.17) is 0 Å². The average molecular weight is 445 g/mol. The molecular weight excluding hydrogens is 420 g/mol. The molecule has 0 saturated carbocycles. The maximum Gasteiger partial charge on any atom is 0.228 e. The zero-order valence-corrected chi connectivity index (χ0v) is 18.6. The second-order valence-corrected chi connectivity index (χ2v) is 8.30. The summed E-state index contributed by atoms with van der Waals surface area (Å²) in [5.74, 6) is -0.159. The second kappa shape index (κ2) is 9.59. The molecule has 0 aromatic heterocycles. The largest absolute Gasteiger partial charge is 0.326 e. The van der Waals surface area contributed by atoms with Gasteiger partial charge in [0.1, 0.15) is 0 Å². The van der Waals surface area contributed by atoms with Gasteiger partial charge < -0.3 is 10.6 Å². The molecule has 0 aliphatic heterocycles. The summed E-state index contributed by atoms with van der Waals surface area (Å²) in [6.45, 7) is 0. The van der Waals surface area contributed by atoms with Gasteiger partial charge in [0.2, 0.25) is 11.8 Å². The SMILES string of the molecule is O=C(Cc1cccc2ccccc12)Nc1ccc(NC(=O)Cc2cccc3ccccc23)cc1. The van der Waals surface area contributed by atoms with Crippen molar-refractivity contribution in [3.8, 4) is 0 Å². The number of amides is 2. The molecule has 34 heavy (non-hydrogen) atoms. The summed E-state index contributed by atoms with van der Waals surface area (Å²) in [5, 5.41) is 10.3. The predicted molar refractivity (Wildman–Crippen MR) is 139 cm³/mol. The van der Waals surface area contributed by atoms with Crippen LogP contribution in [0, 0.1) is 0 Å². The molecule has 4 heteroatoms. The maximum absolute atomic E-state index is 12.6. The summed E-state index contributed by atoms with van der Waals surface area (Å²) in [5.41, 5.74) is 3.37. The zero-order chi connectivity index (χ0) is 23.3. The molecule has 166 valence electrons. The first-order valence-corrected chi connectivity index (χ1v) is 11.3. The minimum atomic E-state index is -0.0795. The first-order chi connectivity index (χ1) is 16.7. The number of anilines is 2. The highest BCUT2D eigenvalue weighted by atomic mass is 16.2. The van der Waals surface area contributed by atoms with Crippen molar-refractivity contribution in [3.05, 3.63) is 120 Å². The Morgan fingerprint density at radius 1 is 0.471 bits per heavy atom. The van der Waals surface area contributed by atoms with Crippen LogP contribution in [-0.4, -0.2) is 11.8 Å². The van der Waals surface area contributed by atoms with E-state index in [2.05, 4.69) is 10.6 Å². The third-order valence-electron chi connectivity index (χ3n) is 5.91. The van der Waals surface area contributed by atoms with Crippen molar-refractivity contribution in [2.75, 3.05) is 10.6 Å². The lowest BCUT2D eigenvalue weighted by Gasteiger charge is -2.10.